The average molecular weight is 469 g/mol. The van der Waals surface area contributed by atoms with Crippen LogP contribution in [-0.2, 0) is 4.74 Å². The molecule has 1 aromatic rings. The molecule has 4 saturated carbocycles. The maximum Gasteiger partial charge on any atom is 0.0490 e. The van der Waals surface area contributed by atoms with Gasteiger partial charge in [0.15, 0.2) is 0 Å². The van der Waals surface area contributed by atoms with E-state index in [0.717, 1.165) is 18.4 Å². The van der Waals surface area contributed by atoms with E-state index in [9.17, 15) is 0 Å². The van der Waals surface area contributed by atoms with Gasteiger partial charge < -0.3 is 4.74 Å². The summed E-state index contributed by atoms with van der Waals surface area (Å²) in [5.74, 6) is 6.41. The highest BCUT2D eigenvalue weighted by molar-refractivity contribution is 5.65. The van der Waals surface area contributed by atoms with Crippen molar-refractivity contribution in [3.63, 3.8) is 0 Å². The predicted molar refractivity (Wildman–Crippen MR) is 151 cm³/mol. The molecule has 2 bridgehead atoms. The number of hydrogen-bond donors (Lipinski definition) is 0. The Morgan fingerprint density at radius 1 is 0.853 bits per heavy atom. The van der Waals surface area contributed by atoms with E-state index in [-0.39, 0.29) is 0 Å². The Kier molecular flexibility index (Phi) is 14.2. The highest BCUT2D eigenvalue weighted by Gasteiger charge is 2.48. The van der Waals surface area contributed by atoms with Crippen molar-refractivity contribution in [2.24, 2.45) is 35.5 Å². The summed E-state index contributed by atoms with van der Waals surface area (Å²) in [6, 6.07) is 10.6. The molecule has 4 aliphatic carbocycles. The Hall–Kier alpha value is -1.08. The molecule has 0 spiro atoms. The normalized spacial score (nSPS) is 27.7. The lowest BCUT2D eigenvalue weighted by Crippen LogP contribution is -2.15. The molecule has 1 aromatic carbocycles. The summed E-state index contributed by atoms with van der Waals surface area (Å²) in [6.45, 7) is 11.6. The van der Waals surface area contributed by atoms with Crippen LogP contribution >= 0.6 is 0 Å². The smallest absolute Gasteiger partial charge is 0.0490 e. The lowest BCUT2D eigenvalue weighted by Gasteiger charge is -2.23. The standard InChI is InChI=1S/C13H18.C10H16.C8H16O.C2H6/c1-4-12(10-11(2)3)13-8-6-5-7-9-13;1-2-9-7-4-5-8(6-7)10(9)3-1;1-9-7-8-5-3-2-4-6-8;1-2/h4-9,11H,10H2,1-3H3;7-10H,1-6H2;8H,2-7H2,1H3;1-2H3/b12-4+;;;. The van der Waals surface area contributed by atoms with Crippen LogP contribution in [0.5, 0.6) is 0 Å². The van der Waals surface area contributed by atoms with Crippen molar-refractivity contribution in [1.29, 1.82) is 0 Å². The van der Waals surface area contributed by atoms with E-state index in [4.69, 9.17) is 4.74 Å². The Morgan fingerprint density at radius 2 is 1.44 bits per heavy atom. The van der Waals surface area contributed by atoms with Crippen LogP contribution in [0.3, 0.4) is 0 Å². The molecule has 194 valence electrons. The van der Waals surface area contributed by atoms with E-state index in [2.05, 4.69) is 57.2 Å². The van der Waals surface area contributed by atoms with Crippen LogP contribution < -0.4 is 0 Å². The zero-order valence-electron chi connectivity index (χ0n) is 23.5. The van der Waals surface area contributed by atoms with Crippen LogP contribution in [0.1, 0.15) is 117 Å². The molecule has 5 rings (SSSR count). The van der Waals surface area contributed by atoms with Gasteiger partial charge in [0.25, 0.3) is 0 Å². The summed E-state index contributed by atoms with van der Waals surface area (Å²) in [6.07, 6.45) is 20.0. The largest absolute Gasteiger partial charge is 0.384 e. The molecule has 4 atom stereocenters. The summed E-state index contributed by atoms with van der Waals surface area (Å²) in [5.41, 5.74) is 2.81. The van der Waals surface area contributed by atoms with Crippen LogP contribution in [0.25, 0.3) is 5.57 Å². The third kappa shape index (κ3) is 9.18. The van der Waals surface area contributed by atoms with Crippen molar-refractivity contribution in [3.8, 4) is 0 Å². The first-order valence-electron chi connectivity index (χ1n) is 14.8. The quantitative estimate of drug-likeness (QED) is 0.417. The molecular formula is C33H56O. The van der Waals surface area contributed by atoms with Gasteiger partial charge in [-0.25, -0.2) is 0 Å². The molecule has 1 nitrogen and oxygen atoms in total. The van der Waals surface area contributed by atoms with Gasteiger partial charge >= 0.3 is 0 Å². The minimum absolute atomic E-state index is 0.728. The zero-order valence-corrected chi connectivity index (χ0v) is 23.5. The summed E-state index contributed by atoms with van der Waals surface area (Å²) in [4.78, 5) is 0. The zero-order chi connectivity index (χ0) is 24.8. The molecule has 0 heterocycles. The number of ether oxygens (including phenoxy) is 1. The van der Waals surface area contributed by atoms with Gasteiger partial charge in [0.2, 0.25) is 0 Å². The number of hydrogen-bond acceptors (Lipinski definition) is 1. The third-order valence-corrected chi connectivity index (χ3v) is 8.60. The van der Waals surface area contributed by atoms with Crippen molar-refractivity contribution in [2.45, 2.75) is 112 Å². The molecule has 4 fully saturated rings. The van der Waals surface area contributed by atoms with Crippen molar-refractivity contribution in [2.75, 3.05) is 13.7 Å². The first-order valence-corrected chi connectivity index (χ1v) is 14.8. The highest BCUT2D eigenvalue weighted by Crippen LogP contribution is 2.58. The molecule has 0 saturated heterocycles. The van der Waals surface area contributed by atoms with Crippen molar-refractivity contribution in [3.05, 3.63) is 42.0 Å². The predicted octanol–water partition coefficient (Wildman–Crippen LogP) is 10.2. The average Bonchev–Trinajstić information content (AvgIpc) is 3.62. The molecule has 0 N–H and O–H groups in total. The second-order valence-electron chi connectivity index (χ2n) is 11.3. The second kappa shape index (κ2) is 16.6. The number of rotatable bonds is 5. The maximum atomic E-state index is 5.08. The SMILES string of the molecule is C/C=C(\CC(C)C)c1ccccc1.C1CC2C3CCC(C3)C2C1.CC.COCC1CCCCC1. The number of fused-ring (bicyclic) bond motifs is 5. The lowest BCUT2D eigenvalue weighted by atomic mass is 9.82. The Balaban J connectivity index is 0.000000176. The Morgan fingerprint density at radius 3 is 1.94 bits per heavy atom. The number of methoxy groups -OCH3 is 1. The van der Waals surface area contributed by atoms with Gasteiger partial charge in [0, 0.05) is 13.7 Å². The number of allylic oxidation sites excluding steroid dienone is 2. The van der Waals surface area contributed by atoms with Gasteiger partial charge in [-0.05, 0) is 105 Å². The first-order chi connectivity index (χ1) is 16.6. The number of benzene rings is 1. The van der Waals surface area contributed by atoms with E-state index < -0.39 is 0 Å². The fourth-order valence-electron chi connectivity index (χ4n) is 7.10. The van der Waals surface area contributed by atoms with E-state index in [1.165, 1.54) is 73.3 Å². The molecule has 0 aromatic heterocycles. The van der Waals surface area contributed by atoms with Crippen LogP contribution in [0.2, 0.25) is 0 Å². The minimum Gasteiger partial charge on any atom is -0.384 e. The van der Waals surface area contributed by atoms with E-state index in [0.29, 0.717) is 0 Å². The van der Waals surface area contributed by atoms with Gasteiger partial charge in [-0.3, -0.25) is 0 Å². The van der Waals surface area contributed by atoms with E-state index in [1.807, 2.05) is 13.8 Å². The molecule has 0 amide bonds. The topological polar surface area (TPSA) is 9.23 Å². The molecule has 34 heavy (non-hydrogen) atoms. The van der Waals surface area contributed by atoms with E-state index >= 15 is 0 Å². The van der Waals surface area contributed by atoms with E-state index in [1.54, 1.807) is 45.6 Å². The summed E-state index contributed by atoms with van der Waals surface area (Å²) >= 11 is 0. The Labute approximate surface area is 213 Å². The molecule has 0 radical (unpaired) electrons. The molecule has 4 unspecified atom stereocenters. The summed E-state index contributed by atoms with van der Waals surface area (Å²) < 4.78 is 5.08. The monoisotopic (exact) mass is 468 g/mol. The van der Waals surface area contributed by atoms with Gasteiger partial charge in [0.05, 0.1) is 0 Å². The van der Waals surface area contributed by atoms with Gasteiger partial charge in [-0.1, -0.05) is 89.8 Å². The summed E-state index contributed by atoms with van der Waals surface area (Å²) in [7, 11) is 1.80. The van der Waals surface area contributed by atoms with Crippen LogP contribution in [-0.4, -0.2) is 13.7 Å². The van der Waals surface area contributed by atoms with Crippen molar-refractivity contribution in [1.82, 2.24) is 0 Å². The van der Waals surface area contributed by atoms with Crippen molar-refractivity contribution < 1.29 is 4.74 Å². The Bertz CT molecular complexity index is 636. The molecule has 1 heteroatoms. The highest BCUT2D eigenvalue weighted by atomic mass is 16.5. The fraction of sp³-hybridized carbons (Fsp3) is 0.758. The second-order valence-corrected chi connectivity index (χ2v) is 11.3. The van der Waals surface area contributed by atoms with Gasteiger partial charge in [-0.2, -0.15) is 0 Å². The van der Waals surface area contributed by atoms with Crippen LogP contribution in [0.4, 0.5) is 0 Å². The summed E-state index contributed by atoms with van der Waals surface area (Å²) in [5, 5.41) is 0. The van der Waals surface area contributed by atoms with Gasteiger partial charge in [-0.15, -0.1) is 0 Å². The first kappa shape index (κ1) is 29.2. The maximum absolute atomic E-state index is 5.08. The molecule has 0 aliphatic heterocycles. The van der Waals surface area contributed by atoms with Crippen molar-refractivity contribution >= 4 is 5.57 Å². The lowest BCUT2D eigenvalue weighted by molar-refractivity contribution is 0.131. The molecule has 4 aliphatic rings. The van der Waals surface area contributed by atoms with Crippen LogP contribution in [0.15, 0.2) is 36.4 Å². The fourth-order valence-corrected chi connectivity index (χ4v) is 7.10. The minimum atomic E-state index is 0.728. The van der Waals surface area contributed by atoms with Crippen LogP contribution in [0, 0.1) is 35.5 Å². The molecular weight excluding hydrogens is 412 g/mol. The van der Waals surface area contributed by atoms with Gasteiger partial charge in [0.1, 0.15) is 0 Å². The third-order valence-electron chi connectivity index (χ3n) is 8.60.